The molecule has 1 fully saturated rings. The number of rotatable bonds is 0. The Kier molecular flexibility index (Phi) is 3.01. The van der Waals surface area contributed by atoms with Crippen molar-refractivity contribution in [2.75, 3.05) is 38.6 Å². The second kappa shape index (κ2) is 4.38. The normalized spacial score (nSPS) is 22.4. The summed E-state index contributed by atoms with van der Waals surface area (Å²) in [6, 6.07) is 4.21. The Morgan fingerprint density at radius 1 is 1.10 bits per heavy atom. The van der Waals surface area contributed by atoms with E-state index >= 15 is 0 Å². The molecule has 2 heterocycles. The number of anilines is 1. The molecule has 1 aromatic carbocycles. The van der Waals surface area contributed by atoms with Gasteiger partial charge in [-0.25, -0.2) is 0 Å². The van der Waals surface area contributed by atoms with Crippen molar-refractivity contribution in [3.05, 3.63) is 29.3 Å². The Hall–Kier alpha value is -1.23. The zero-order valence-electron chi connectivity index (χ0n) is 11.8. The zero-order chi connectivity index (χ0) is 14.5. The van der Waals surface area contributed by atoms with E-state index in [1.807, 2.05) is 7.05 Å². The number of benzene rings is 1. The molecule has 0 aliphatic carbocycles. The zero-order valence-corrected chi connectivity index (χ0v) is 11.8. The third kappa shape index (κ3) is 2.08. The second-order valence-corrected chi connectivity index (χ2v) is 6.17. The van der Waals surface area contributed by atoms with Gasteiger partial charge in [-0.2, -0.15) is 13.2 Å². The van der Waals surface area contributed by atoms with E-state index in [4.69, 9.17) is 0 Å². The van der Waals surface area contributed by atoms with Crippen LogP contribution in [0.2, 0.25) is 0 Å². The van der Waals surface area contributed by atoms with Gasteiger partial charge in [-0.3, -0.25) is 0 Å². The van der Waals surface area contributed by atoms with Crippen LogP contribution in [0.25, 0.3) is 0 Å². The molecule has 5 heteroatoms. The minimum Gasteiger partial charge on any atom is -0.373 e. The van der Waals surface area contributed by atoms with Gasteiger partial charge in [-0.05, 0) is 56.7 Å². The van der Waals surface area contributed by atoms with E-state index < -0.39 is 11.7 Å². The van der Waals surface area contributed by atoms with E-state index in [-0.39, 0.29) is 5.41 Å². The molecule has 2 aliphatic heterocycles. The molecule has 110 valence electrons. The molecule has 0 bridgehead atoms. The smallest absolute Gasteiger partial charge is 0.373 e. The highest BCUT2D eigenvalue weighted by molar-refractivity contribution is 5.63. The number of likely N-dealkylation sites (tertiary alicyclic amines) is 1. The number of hydrogen-bond acceptors (Lipinski definition) is 2. The van der Waals surface area contributed by atoms with Crippen molar-refractivity contribution in [1.29, 1.82) is 0 Å². The molecule has 0 atom stereocenters. The Morgan fingerprint density at radius 2 is 1.75 bits per heavy atom. The maximum absolute atomic E-state index is 12.9. The number of piperidine rings is 1. The van der Waals surface area contributed by atoms with Crippen LogP contribution in [0, 0.1) is 0 Å². The molecule has 2 nitrogen and oxygen atoms in total. The van der Waals surface area contributed by atoms with Gasteiger partial charge in [0.2, 0.25) is 0 Å². The Labute approximate surface area is 117 Å². The van der Waals surface area contributed by atoms with Crippen molar-refractivity contribution in [3.8, 4) is 0 Å². The fourth-order valence-electron chi connectivity index (χ4n) is 3.57. The van der Waals surface area contributed by atoms with Gasteiger partial charge in [0.05, 0.1) is 5.56 Å². The largest absolute Gasteiger partial charge is 0.416 e. The first-order valence-electron chi connectivity index (χ1n) is 6.93. The summed E-state index contributed by atoms with van der Waals surface area (Å²) in [7, 11) is 4.04. The van der Waals surface area contributed by atoms with Crippen molar-refractivity contribution in [2.45, 2.75) is 24.4 Å². The molecule has 2 aliphatic rings. The maximum Gasteiger partial charge on any atom is 0.416 e. The minimum absolute atomic E-state index is 0.0994. The van der Waals surface area contributed by atoms with Crippen LogP contribution in [0.3, 0.4) is 0 Å². The molecule has 0 saturated carbocycles. The van der Waals surface area contributed by atoms with E-state index in [1.165, 1.54) is 12.1 Å². The molecule has 1 spiro atoms. The quantitative estimate of drug-likeness (QED) is 0.722. The number of halogens is 3. The summed E-state index contributed by atoms with van der Waals surface area (Å²) in [6.45, 7) is 2.73. The Morgan fingerprint density at radius 3 is 2.35 bits per heavy atom. The Bertz CT molecular complexity index is 516. The van der Waals surface area contributed by atoms with Gasteiger partial charge in [-0.15, -0.1) is 0 Å². The van der Waals surface area contributed by atoms with Crippen molar-refractivity contribution in [1.82, 2.24) is 4.90 Å². The summed E-state index contributed by atoms with van der Waals surface area (Å²) in [5, 5.41) is 0. The fourth-order valence-corrected chi connectivity index (χ4v) is 3.57. The predicted octanol–water partition coefficient (Wildman–Crippen LogP) is 3.12. The van der Waals surface area contributed by atoms with Crippen LogP contribution in [-0.2, 0) is 11.6 Å². The van der Waals surface area contributed by atoms with Crippen molar-refractivity contribution in [2.24, 2.45) is 0 Å². The average molecular weight is 284 g/mol. The van der Waals surface area contributed by atoms with Gasteiger partial charge in [0.15, 0.2) is 0 Å². The maximum atomic E-state index is 12.9. The Balaban J connectivity index is 2.04. The highest BCUT2D eigenvalue weighted by Crippen LogP contribution is 2.47. The van der Waals surface area contributed by atoms with Crippen LogP contribution >= 0.6 is 0 Å². The van der Waals surface area contributed by atoms with E-state index in [1.54, 1.807) is 6.07 Å². The summed E-state index contributed by atoms with van der Waals surface area (Å²) in [6.07, 6.45) is -2.40. The van der Waals surface area contributed by atoms with Crippen LogP contribution in [-0.4, -0.2) is 38.6 Å². The lowest BCUT2D eigenvalue weighted by molar-refractivity contribution is -0.137. The first-order valence-corrected chi connectivity index (χ1v) is 6.93. The first-order chi connectivity index (χ1) is 9.32. The number of fused-ring (bicyclic) bond motifs is 2. The molecule has 0 amide bonds. The van der Waals surface area contributed by atoms with Gasteiger partial charge in [-0.1, -0.05) is 0 Å². The van der Waals surface area contributed by atoms with Gasteiger partial charge >= 0.3 is 6.18 Å². The van der Waals surface area contributed by atoms with Crippen LogP contribution in [0.4, 0.5) is 18.9 Å². The third-order valence-corrected chi connectivity index (χ3v) is 4.79. The molecule has 3 rings (SSSR count). The monoisotopic (exact) mass is 284 g/mol. The fraction of sp³-hybridized carbons (Fsp3) is 0.600. The molecule has 1 saturated heterocycles. The summed E-state index contributed by atoms with van der Waals surface area (Å²) in [5.41, 5.74) is 1.23. The molecule has 1 aromatic rings. The summed E-state index contributed by atoms with van der Waals surface area (Å²) < 4.78 is 38.8. The summed E-state index contributed by atoms with van der Waals surface area (Å²) in [4.78, 5) is 4.34. The van der Waals surface area contributed by atoms with Gasteiger partial charge < -0.3 is 9.80 Å². The molecular formula is C15H19F3N2. The van der Waals surface area contributed by atoms with E-state index in [0.717, 1.165) is 43.7 Å². The molecule has 20 heavy (non-hydrogen) atoms. The lowest BCUT2D eigenvalue weighted by Gasteiger charge is -2.38. The summed E-state index contributed by atoms with van der Waals surface area (Å²) >= 11 is 0. The van der Waals surface area contributed by atoms with Gasteiger partial charge in [0.1, 0.15) is 0 Å². The predicted molar refractivity (Wildman–Crippen MR) is 73.1 cm³/mol. The second-order valence-electron chi connectivity index (χ2n) is 6.17. The molecule has 0 radical (unpaired) electrons. The first kappa shape index (κ1) is 13.7. The minimum atomic E-state index is -4.26. The lowest BCUT2D eigenvalue weighted by atomic mass is 9.74. The lowest BCUT2D eigenvalue weighted by Crippen LogP contribution is -2.43. The number of nitrogens with zero attached hydrogens (tertiary/aromatic N) is 2. The van der Waals surface area contributed by atoms with E-state index in [9.17, 15) is 13.2 Å². The number of hydrogen-bond donors (Lipinski definition) is 0. The highest BCUT2D eigenvalue weighted by atomic mass is 19.4. The van der Waals surface area contributed by atoms with E-state index in [2.05, 4.69) is 16.8 Å². The average Bonchev–Trinajstić information content (AvgIpc) is 2.66. The number of alkyl halides is 3. The van der Waals surface area contributed by atoms with Crippen molar-refractivity contribution >= 4 is 5.69 Å². The SMILES string of the molecule is CN1CCC2(CC1)CN(C)c1ccc(C(F)(F)F)cc12. The third-order valence-electron chi connectivity index (χ3n) is 4.79. The van der Waals surface area contributed by atoms with Crippen LogP contribution < -0.4 is 4.90 Å². The van der Waals surface area contributed by atoms with E-state index in [0.29, 0.717) is 0 Å². The van der Waals surface area contributed by atoms with Crippen LogP contribution in [0.5, 0.6) is 0 Å². The molecular weight excluding hydrogens is 265 g/mol. The van der Waals surface area contributed by atoms with Gasteiger partial charge in [0, 0.05) is 24.7 Å². The van der Waals surface area contributed by atoms with Crippen molar-refractivity contribution in [3.63, 3.8) is 0 Å². The van der Waals surface area contributed by atoms with Gasteiger partial charge in [0.25, 0.3) is 0 Å². The standard InChI is InChI=1S/C15H19F3N2/c1-19-7-5-14(6-8-19)10-20(2)13-4-3-11(9-12(13)14)15(16,17)18/h3-4,9H,5-8,10H2,1-2H3. The van der Waals surface area contributed by atoms with Crippen molar-refractivity contribution < 1.29 is 13.2 Å². The molecule has 0 N–H and O–H groups in total. The topological polar surface area (TPSA) is 6.48 Å². The van der Waals surface area contributed by atoms with Crippen LogP contribution in [0.15, 0.2) is 18.2 Å². The number of likely N-dealkylation sites (N-methyl/N-ethyl adjacent to an activating group) is 1. The molecule has 0 aromatic heterocycles. The van der Waals surface area contributed by atoms with Crippen LogP contribution in [0.1, 0.15) is 24.0 Å². The highest BCUT2D eigenvalue weighted by Gasteiger charge is 2.44. The molecule has 0 unspecified atom stereocenters. The summed E-state index contributed by atoms with van der Waals surface area (Å²) in [5.74, 6) is 0.